The van der Waals surface area contributed by atoms with Crippen molar-refractivity contribution in [1.29, 1.82) is 0 Å². The molecule has 26 heavy (non-hydrogen) atoms. The van der Waals surface area contributed by atoms with Gasteiger partial charge in [-0.05, 0) is 57.2 Å². The third-order valence-electron chi connectivity index (χ3n) is 5.34. The fraction of sp³-hybridized carbons (Fsp3) is 0.375. The summed E-state index contributed by atoms with van der Waals surface area (Å²) in [5.74, 6) is 6.88. The van der Waals surface area contributed by atoms with Gasteiger partial charge in [0.25, 0.3) is 0 Å². The summed E-state index contributed by atoms with van der Waals surface area (Å²) in [7, 11) is 0. The van der Waals surface area contributed by atoms with Crippen LogP contribution in [0.25, 0.3) is 22.3 Å². The van der Waals surface area contributed by atoms with E-state index in [-0.39, 0.29) is 0 Å². The second-order valence-electron chi connectivity index (χ2n) is 7.42. The van der Waals surface area contributed by atoms with Crippen LogP contribution in [0, 0.1) is 25.7 Å². The Balaban J connectivity index is 2.03. The highest BCUT2D eigenvalue weighted by atomic mass is 15.1. The molecule has 0 N–H and O–H groups in total. The van der Waals surface area contributed by atoms with E-state index in [4.69, 9.17) is 4.98 Å². The molecule has 0 unspecified atom stereocenters. The molecule has 1 aliphatic rings. The number of nitrogens with zero attached hydrogens (tertiary/aromatic N) is 2. The van der Waals surface area contributed by atoms with Crippen molar-refractivity contribution in [2.24, 2.45) is 0 Å². The van der Waals surface area contributed by atoms with E-state index in [9.17, 15) is 0 Å². The first kappa shape index (κ1) is 16.9. The van der Waals surface area contributed by atoms with E-state index in [2.05, 4.69) is 73.6 Å². The summed E-state index contributed by atoms with van der Waals surface area (Å²) in [6.45, 7) is 6.39. The van der Waals surface area contributed by atoms with E-state index in [0.29, 0.717) is 6.04 Å². The molecule has 0 bridgehead atoms. The lowest BCUT2D eigenvalue weighted by Crippen LogP contribution is -2.18. The number of benzene rings is 1. The van der Waals surface area contributed by atoms with Crippen LogP contribution in [0.1, 0.15) is 61.9 Å². The maximum absolute atomic E-state index is 4.93. The third-order valence-corrected chi connectivity index (χ3v) is 5.34. The molecule has 3 aromatic rings. The first-order valence-electron chi connectivity index (χ1n) is 9.76. The molecule has 2 heterocycles. The summed E-state index contributed by atoms with van der Waals surface area (Å²) in [6, 6.07) is 13.7. The SMILES string of the molecule is CCCC#Cc1c(-c2ccc(C)cc2)n(C2CCC2)c2nc(C)ccc12. The molecular formula is C24H26N2. The minimum atomic E-state index is 0.546. The molecule has 2 heteroatoms. The van der Waals surface area contributed by atoms with Gasteiger partial charge in [-0.3, -0.25) is 0 Å². The highest BCUT2D eigenvalue weighted by Gasteiger charge is 2.27. The molecule has 1 aliphatic carbocycles. The Hall–Kier alpha value is -2.53. The Kier molecular flexibility index (Phi) is 4.55. The summed E-state index contributed by atoms with van der Waals surface area (Å²) in [6.07, 6.45) is 5.80. The van der Waals surface area contributed by atoms with Gasteiger partial charge >= 0.3 is 0 Å². The van der Waals surface area contributed by atoms with Crippen LogP contribution < -0.4 is 0 Å². The average Bonchev–Trinajstić information content (AvgIpc) is 2.88. The normalized spacial score (nSPS) is 14.1. The Labute approximate surface area is 156 Å². The predicted octanol–water partition coefficient (Wildman–Crippen LogP) is 6.20. The molecule has 0 spiro atoms. The van der Waals surface area contributed by atoms with Crippen LogP contribution in [0.5, 0.6) is 0 Å². The summed E-state index contributed by atoms with van der Waals surface area (Å²) in [5, 5.41) is 1.20. The number of rotatable bonds is 3. The smallest absolute Gasteiger partial charge is 0.142 e. The molecule has 132 valence electrons. The molecule has 2 nitrogen and oxygen atoms in total. The van der Waals surface area contributed by atoms with Gasteiger partial charge in [-0.2, -0.15) is 0 Å². The fourth-order valence-corrected chi connectivity index (χ4v) is 3.67. The Morgan fingerprint density at radius 3 is 2.50 bits per heavy atom. The number of aryl methyl sites for hydroxylation is 2. The molecule has 1 aromatic carbocycles. The molecule has 1 saturated carbocycles. The Morgan fingerprint density at radius 1 is 1.08 bits per heavy atom. The van der Waals surface area contributed by atoms with E-state index in [1.54, 1.807) is 0 Å². The van der Waals surface area contributed by atoms with Crippen LogP contribution >= 0.6 is 0 Å². The van der Waals surface area contributed by atoms with Crippen LogP contribution in [0.3, 0.4) is 0 Å². The van der Waals surface area contributed by atoms with E-state index in [0.717, 1.165) is 29.7 Å². The lowest BCUT2D eigenvalue weighted by atomic mass is 9.92. The van der Waals surface area contributed by atoms with E-state index in [1.165, 1.54) is 41.5 Å². The zero-order valence-corrected chi connectivity index (χ0v) is 16.0. The number of unbranched alkanes of at least 4 members (excludes halogenated alkanes) is 1. The molecule has 2 aromatic heterocycles. The summed E-state index contributed by atoms with van der Waals surface area (Å²) in [5.41, 5.74) is 7.11. The van der Waals surface area contributed by atoms with E-state index < -0.39 is 0 Å². The van der Waals surface area contributed by atoms with Crippen molar-refractivity contribution in [2.75, 3.05) is 0 Å². The molecule has 1 fully saturated rings. The summed E-state index contributed by atoms with van der Waals surface area (Å²) in [4.78, 5) is 4.93. The van der Waals surface area contributed by atoms with Crippen LogP contribution in [0.4, 0.5) is 0 Å². The van der Waals surface area contributed by atoms with Crippen molar-refractivity contribution >= 4 is 11.0 Å². The summed E-state index contributed by atoms with van der Waals surface area (Å²) < 4.78 is 2.48. The number of fused-ring (bicyclic) bond motifs is 1. The van der Waals surface area contributed by atoms with E-state index >= 15 is 0 Å². The standard InChI is InChI=1S/C24H26N2/c1-4-5-6-10-21-22-16-13-18(3)25-24(22)26(20-8-7-9-20)23(21)19-14-11-17(2)12-15-19/h11-16,20H,4-5,7-9H2,1-3H3. The molecular weight excluding hydrogens is 316 g/mol. The zero-order chi connectivity index (χ0) is 18.1. The fourth-order valence-electron chi connectivity index (χ4n) is 3.67. The van der Waals surface area contributed by atoms with Crippen molar-refractivity contribution in [2.45, 2.75) is 58.9 Å². The van der Waals surface area contributed by atoms with Gasteiger partial charge in [0.05, 0.1) is 11.3 Å². The second-order valence-corrected chi connectivity index (χ2v) is 7.42. The maximum Gasteiger partial charge on any atom is 0.142 e. The van der Waals surface area contributed by atoms with Gasteiger partial charge in [0.2, 0.25) is 0 Å². The van der Waals surface area contributed by atoms with Crippen LogP contribution in [-0.2, 0) is 0 Å². The predicted molar refractivity (Wildman–Crippen MR) is 109 cm³/mol. The lowest BCUT2D eigenvalue weighted by Gasteiger charge is -2.29. The Morgan fingerprint density at radius 2 is 1.85 bits per heavy atom. The highest BCUT2D eigenvalue weighted by molar-refractivity contribution is 5.93. The van der Waals surface area contributed by atoms with Crippen molar-refractivity contribution in [1.82, 2.24) is 9.55 Å². The van der Waals surface area contributed by atoms with Gasteiger partial charge < -0.3 is 4.57 Å². The molecule has 0 aliphatic heterocycles. The first-order chi connectivity index (χ1) is 12.7. The average molecular weight is 342 g/mol. The van der Waals surface area contributed by atoms with Gasteiger partial charge in [0.1, 0.15) is 5.65 Å². The quantitative estimate of drug-likeness (QED) is 0.518. The van der Waals surface area contributed by atoms with Crippen molar-refractivity contribution in [3.8, 4) is 23.1 Å². The highest BCUT2D eigenvalue weighted by Crippen LogP contribution is 2.42. The minimum absolute atomic E-state index is 0.546. The van der Waals surface area contributed by atoms with Gasteiger partial charge in [-0.15, -0.1) is 0 Å². The van der Waals surface area contributed by atoms with Crippen LogP contribution in [0.2, 0.25) is 0 Å². The zero-order valence-electron chi connectivity index (χ0n) is 16.0. The molecule has 4 rings (SSSR count). The third kappa shape index (κ3) is 2.92. The lowest BCUT2D eigenvalue weighted by molar-refractivity contribution is 0.323. The van der Waals surface area contributed by atoms with Gasteiger partial charge in [0.15, 0.2) is 0 Å². The summed E-state index contributed by atoms with van der Waals surface area (Å²) >= 11 is 0. The molecule has 0 saturated heterocycles. The Bertz CT molecular complexity index is 993. The van der Waals surface area contributed by atoms with Crippen LogP contribution in [-0.4, -0.2) is 9.55 Å². The number of hydrogen-bond donors (Lipinski definition) is 0. The van der Waals surface area contributed by atoms with Crippen molar-refractivity contribution in [3.05, 3.63) is 53.2 Å². The topological polar surface area (TPSA) is 17.8 Å². The first-order valence-corrected chi connectivity index (χ1v) is 9.76. The molecule has 0 amide bonds. The van der Waals surface area contributed by atoms with Crippen molar-refractivity contribution < 1.29 is 0 Å². The van der Waals surface area contributed by atoms with E-state index in [1.807, 2.05) is 0 Å². The number of pyridine rings is 1. The number of aromatic nitrogens is 2. The minimum Gasteiger partial charge on any atom is -0.321 e. The van der Waals surface area contributed by atoms with Gasteiger partial charge in [-0.25, -0.2) is 4.98 Å². The maximum atomic E-state index is 4.93. The van der Waals surface area contributed by atoms with Crippen LogP contribution in [0.15, 0.2) is 36.4 Å². The van der Waals surface area contributed by atoms with Gasteiger partial charge in [0, 0.05) is 23.5 Å². The largest absolute Gasteiger partial charge is 0.321 e. The monoisotopic (exact) mass is 342 g/mol. The molecule has 0 atom stereocenters. The molecule has 0 radical (unpaired) electrons. The second kappa shape index (κ2) is 7.00. The van der Waals surface area contributed by atoms with Gasteiger partial charge in [-0.1, -0.05) is 48.6 Å². The van der Waals surface area contributed by atoms with Crippen molar-refractivity contribution in [3.63, 3.8) is 0 Å². The number of hydrogen-bond acceptors (Lipinski definition) is 1.